The maximum Gasteiger partial charge on any atom is 0.0683 e. The smallest absolute Gasteiger partial charge is 0.0683 e. The van der Waals surface area contributed by atoms with Gasteiger partial charge in [0.25, 0.3) is 0 Å². The Labute approximate surface area is 82.0 Å². The first-order valence-corrected chi connectivity index (χ1v) is 5.33. The first-order valence-electron chi connectivity index (χ1n) is 4.04. The second-order valence-electron chi connectivity index (χ2n) is 2.81. The molecular formula is C9H10ClNS. The zero-order chi connectivity index (χ0) is 8.39. The lowest BCUT2D eigenvalue weighted by Crippen LogP contribution is -1.98. The molecule has 0 saturated carbocycles. The van der Waals surface area contributed by atoms with Gasteiger partial charge in [0.05, 0.1) is 5.69 Å². The van der Waals surface area contributed by atoms with E-state index in [4.69, 9.17) is 11.8 Å². The molecule has 0 saturated heterocycles. The van der Waals surface area contributed by atoms with Gasteiger partial charge in [-0.05, 0) is 36.4 Å². The third-order valence-corrected chi connectivity index (χ3v) is 3.35. The van der Waals surface area contributed by atoms with Gasteiger partial charge in [-0.2, -0.15) is 0 Å². The van der Waals surface area contributed by atoms with Crippen molar-refractivity contribution in [3.63, 3.8) is 0 Å². The summed E-state index contributed by atoms with van der Waals surface area (Å²) in [5.74, 6) is 1.11. The number of para-hydroxylation sites is 1. The van der Waals surface area contributed by atoms with Crippen LogP contribution in [0.25, 0.3) is 0 Å². The highest BCUT2D eigenvalue weighted by Gasteiger charge is 2.12. The standard InChI is InChI=1S/C9H10ClNS/c10-11-9-6-2-1-4-8(9)5-3-7-12-11/h1-2,4,6H,3,5,7H2. The Kier molecular flexibility index (Phi) is 2.47. The van der Waals surface area contributed by atoms with Gasteiger partial charge in [0, 0.05) is 17.5 Å². The van der Waals surface area contributed by atoms with Crippen LogP contribution < -0.4 is 3.82 Å². The van der Waals surface area contributed by atoms with E-state index in [2.05, 4.69) is 18.2 Å². The molecule has 0 N–H and O–H groups in total. The Morgan fingerprint density at radius 2 is 2.17 bits per heavy atom. The van der Waals surface area contributed by atoms with Crippen LogP contribution in [0, 0.1) is 0 Å². The second kappa shape index (κ2) is 3.58. The van der Waals surface area contributed by atoms with Gasteiger partial charge in [-0.15, -0.1) is 0 Å². The number of anilines is 1. The van der Waals surface area contributed by atoms with Crippen LogP contribution in [0.3, 0.4) is 0 Å². The summed E-state index contributed by atoms with van der Waals surface area (Å²) in [5, 5.41) is 0. The van der Waals surface area contributed by atoms with Gasteiger partial charge >= 0.3 is 0 Å². The van der Waals surface area contributed by atoms with Crippen molar-refractivity contribution in [2.24, 2.45) is 0 Å². The minimum absolute atomic E-state index is 1.11. The quantitative estimate of drug-likeness (QED) is 0.466. The molecule has 1 aliphatic heterocycles. The third-order valence-electron chi connectivity index (χ3n) is 1.98. The van der Waals surface area contributed by atoms with Gasteiger partial charge in [-0.1, -0.05) is 18.2 Å². The van der Waals surface area contributed by atoms with Crippen molar-refractivity contribution in [1.82, 2.24) is 0 Å². The van der Waals surface area contributed by atoms with Crippen molar-refractivity contribution in [2.45, 2.75) is 12.8 Å². The molecule has 2 rings (SSSR count). The molecule has 64 valence electrons. The molecule has 0 unspecified atom stereocenters. The molecule has 0 atom stereocenters. The summed E-state index contributed by atoms with van der Waals surface area (Å²) >= 11 is 7.73. The van der Waals surface area contributed by atoms with Gasteiger partial charge in [-0.25, -0.2) is 3.82 Å². The molecule has 12 heavy (non-hydrogen) atoms. The molecule has 1 nitrogen and oxygen atoms in total. The number of halogens is 1. The van der Waals surface area contributed by atoms with Gasteiger partial charge in [-0.3, -0.25) is 0 Å². The van der Waals surface area contributed by atoms with Crippen LogP contribution in [0.4, 0.5) is 5.69 Å². The summed E-state index contributed by atoms with van der Waals surface area (Å²) in [7, 11) is 0. The van der Waals surface area contributed by atoms with E-state index in [1.54, 1.807) is 15.8 Å². The van der Waals surface area contributed by atoms with E-state index in [1.807, 2.05) is 6.07 Å². The van der Waals surface area contributed by atoms with Crippen molar-refractivity contribution in [1.29, 1.82) is 0 Å². The van der Waals surface area contributed by atoms with Gasteiger partial charge in [0.1, 0.15) is 0 Å². The number of hydrogen-bond acceptors (Lipinski definition) is 2. The number of fused-ring (bicyclic) bond motifs is 1. The van der Waals surface area contributed by atoms with Crippen molar-refractivity contribution >= 4 is 29.4 Å². The summed E-state index contributed by atoms with van der Waals surface area (Å²) in [5.41, 5.74) is 2.51. The minimum Gasteiger partial charge on any atom is -0.227 e. The molecule has 0 fully saturated rings. The average Bonchev–Trinajstić information content (AvgIpc) is 2.29. The molecule has 1 heterocycles. The largest absolute Gasteiger partial charge is 0.227 e. The number of hydrogen-bond donors (Lipinski definition) is 0. The molecule has 0 bridgehead atoms. The summed E-state index contributed by atoms with van der Waals surface area (Å²) in [6.07, 6.45) is 2.36. The van der Waals surface area contributed by atoms with E-state index >= 15 is 0 Å². The van der Waals surface area contributed by atoms with Crippen LogP contribution in [0.2, 0.25) is 0 Å². The highest BCUT2D eigenvalue weighted by Crippen LogP contribution is 2.32. The molecule has 3 heteroatoms. The van der Waals surface area contributed by atoms with E-state index in [0.717, 1.165) is 17.9 Å². The van der Waals surface area contributed by atoms with Crippen molar-refractivity contribution in [3.05, 3.63) is 29.8 Å². The highest BCUT2D eigenvalue weighted by molar-refractivity contribution is 8.01. The number of benzene rings is 1. The lowest BCUT2D eigenvalue weighted by Gasteiger charge is -2.13. The molecule has 0 spiro atoms. The maximum absolute atomic E-state index is 6.05. The van der Waals surface area contributed by atoms with Gasteiger partial charge in [0.2, 0.25) is 0 Å². The van der Waals surface area contributed by atoms with Crippen LogP contribution in [0.5, 0.6) is 0 Å². The first-order chi connectivity index (χ1) is 5.88. The fourth-order valence-electron chi connectivity index (χ4n) is 1.37. The normalized spacial score (nSPS) is 16.9. The van der Waals surface area contributed by atoms with E-state index in [0.29, 0.717) is 0 Å². The Balaban J connectivity index is 2.39. The fraction of sp³-hybridized carbons (Fsp3) is 0.333. The van der Waals surface area contributed by atoms with Gasteiger partial charge in [0.15, 0.2) is 0 Å². The van der Waals surface area contributed by atoms with E-state index < -0.39 is 0 Å². The van der Waals surface area contributed by atoms with E-state index in [-0.39, 0.29) is 0 Å². The molecule has 1 aliphatic rings. The Hall–Kier alpha value is -0.340. The first kappa shape index (κ1) is 8.27. The number of rotatable bonds is 0. The highest BCUT2D eigenvalue weighted by atomic mass is 35.5. The zero-order valence-corrected chi connectivity index (χ0v) is 8.24. The summed E-state index contributed by atoms with van der Waals surface area (Å²) < 4.78 is 1.75. The average molecular weight is 200 g/mol. The van der Waals surface area contributed by atoms with E-state index in [9.17, 15) is 0 Å². The van der Waals surface area contributed by atoms with Gasteiger partial charge < -0.3 is 0 Å². The Morgan fingerprint density at radius 1 is 1.33 bits per heavy atom. The fourth-order valence-corrected chi connectivity index (χ4v) is 2.49. The monoisotopic (exact) mass is 199 g/mol. The molecule has 0 radical (unpaired) electrons. The molecule has 1 aromatic carbocycles. The zero-order valence-electron chi connectivity index (χ0n) is 6.66. The summed E-state index contributed by atoms with van der Waals surface area (Å²) in [6, 6.07) is 8.32. The summed E-state index contributed by atoms with van der Waals surface area (Å²) in [6.45, 7) is 0. The Bertz CT molecular complexity index is 277. The predicted molar refractivity (Wildman–Crippen MR) is 55.6 cm³/mol. The Morgan fingerprint density at radius 3 is 3.08 bits per heavy atom. The van der Waals surface area contributed by atoms with Crippen molar-refractivity contribution < 1.29 is 0 Å². The molecule has 0 aliphatic carbocycles. The number of nitrogens with zero attached hydrogens (tertiary/aromatic N) is 1. The molecular weight excluding hydrogens is 190 g/mol. The number of aryl methyl sites for hydroxylation is 1. The summed E-state index contributed by atoms with van der Waals surface area (Å²) in [4.78, 5) is 0. The molecule has 0 aromatic heterocycles. The van der Waals surface area contributed by atoms with E-state index in [1.165, 1.54) is 12.0 Å². The predicted octanol–water partition coefficient (Wildman–Crippen LogP) is 3.24. The topological polar surface area (TPSA) is 3.24 Å². The molecule has 1 aromatic rings. The third kappa shape index (κ3) is 1.54. The molecule has 0 amide bonds. The van der Waals surface area contributed by atoms with Crippen molar-refractivity contribution in [2.75, 3.05) is 9.58 Å². The second-order valence-corrected chi connectivity index (χ2v) is 4.38. The SMILES string of the molecule is ClN1SCCCc2ccccc21. The van der Waals surface area contributed by atoms with Crippen LogP contribution in [-0.4, -0.2) is 5.75 Å². The van der Waals surface area contributed by atoms with Crippen LogP contribution >= 0.6 is 23.7 Å². The lowest BCUT2D eigenvalue weighted by molar-refractivity contribution is 0.943. The van der Waals surface area contributed by atoms with Crippen LogP contribution in [0.15, 0.2) is 24.3 Å². The minimum atomic E-state index is 1.11. The lowest BCUT2D eigenvalue weighted by atomic mass is 10.1. The maximum atomic E-state index is 6.05. The van der Waals surface area contributed by atoms with Crippen molar-refractivity contribution in [3.8, 4) is 0 Å². The van der Waals surface area contributed by atoms with Crippen LogP contribution in [0.1, 0.15) is 12.0 Å². The van der Waals surface area contributed by atoms with Crippen LogP contribution in [-0.2, 0) is 6.42 Å².